The van der Waals surface area contributed by atoms with Gasteiger partial charge in [-0.3, -0.25) is 4.68 Å². The molecule has 0 saturated carbocycles. The lowest BCUT2D eigenvalue weighted by Crippen LogP contribution is -2.15. The van der Waals surface area contributed by atoms with Crippen LogP contribution in [-0.2, 0) is 6.54 Å². The van der Waals surface area contributed by atoms with Gasteiger partial charge in [-0.15, -0.1) is 5.10 Å². The molecule has 1 heterocycles. The number of aryl methyl sites for hydroxylation is 1. The Morgan fingerprint density at radius 3 is 2.75 bits per heavy atom. The van der Waals surface area contributed by atoms with Crippen LogP contribution in [0.3, 0.4) is 0 Å². The topological polar surface area (TPSA) is 27.1 Å². The average molecular weight is 291 g/mol. The molecule has 86 valence electrons. The van der Waals surface area contributed by atoms with Crippen LogP contribution >= 0.6 is 15.9 Å². The van der Waals surface area contributed by atoms with Crippen molar-refractivity contribution in [2.24, 2.45) is 0 Å². The number of rotatable bonds is 3. The van der Waals surface area contributed by atoms with Crippen LogP contribution in [0.25, 0.3) is 10.9 Å². The Hall–Kier alpha value is -1.17. The van der Waals surface area contributed by atoms with Crippen LogP contribution in [0.5, 0.6) is 5.88 Å². The van der Waals surface area contributed by atoms with Gasteiger partial charge >= 0.3 is 5.02 Å². The maximum absolute atomic E-state index is 12.7. The monoisotopic (exact) mass is 290 g/mol. The van der Waals surface area contributed by atoms with Gasteiger partial charge in [0, 0.05) is 22.5 Å². The summed E-state index contributed by atoms with van der Waals surface area (Å²) in [7, 11) is 0. The lowest BCUT2D eigenvalue weighted by atomic mass is 10.2. The first-order chi connectivity index (χ1) is 7.51. The van der Waals surface area contributed by atoms with Crippen LogP contribution in [0.1, 0.15) is 6.92 Å². The molecule has 0 spiro atoms. The highest BCUT2D eigenvalue weighted by Gasteiger charge is 2.29. The molecule has 2 rings (SSSR count). The summed E-state index contributed by atoms with van der Waals surface area (Å²) in [5.74, 6) is -0.0701. The van der Waals surface area contributed by atoms with Gasteiger partial charge < -0.3 is 4.74 Å². The second-order valence-electron chi connectivity index (χ2n) is 3.19. The smallest absolute Gasteiger partial charge is 0.404 e. The molecule has 0 bridgehead atoms. The molecule has 1 aromatic heterocycles. The third-order valence-corrected chi connectivity index (χ3v) is 2.30. The summed E-state index contributed by atoms with van der Waals surface area (Å²) in [5, 5.41) is 1.15. The maximum Gasteiger partial charge on any atom is 0.460 e. The van der Waals surface area contributed by atoms with Crippen LogP contribution in [0.15, 0.2) is 24.3 Å². The molecule has 0 amide bonds. The molecule has 0 aliphatic rings. The summed E-state index contributed by atoms with van der Waals surface area (Å²) in [6.45, 7) is 2.48. The quantitative estimate of drug-likeness (QED) is 0.811. The van der Waals surface area contributed by atoms with E-state index in [0.717, 1.165) is 5.52 Å². The van der Waals surface area contributed by atoms with Gasteiger partial charge in [0.1, 0.15) is 0 Å². The molecule has 0 fully saturated rings. The zero-order valence-corrected chi connectivity index (χ0v) is 10.0. The fraction of sp³-hybridized carbons (Fsp3) is 0.300. The Balaban J connectivity index is 2.53. The van der Waals surface area contributed by atoms with E-state index < -0.39 is 5.02 Å². The first kappa shape index (κ1) is 11.3. The lowest BCUT2D eigenvalue weighted by molar-refractivity contribution is -0.0824. The fourth-order valence-electron chi connectivity index (χ4n) is 1.52. The summed E-state index contributed by atoms with van der Waals surface area (Å²) in [6, 6.07) is 7.09. The molecule has 0 atom stereocenters. The van der Waals surface area contributed by atoms with Gasteiger partial charge in [0.25, 0.3) is 0 Å². The van der Waals surface area contributed by atoms with Crippen molar-refractivity contribution in [3.05, 3.63) is 24.3 Å². The zero-order valence-electron chi connectivity index (χ0n) is 8.45. The fourth-order valence-corrected chi connectivity index (χ4v) is 1.68. The molecule has 0 saturated heterocycles. The zero-order chi connectivity index (χ0) is 11.8. The van der Waals surface area contributed by atoms with E-state index in [1.807, 2.05) is 19.1 Å². The number of nitrogens with zero attached hydrogens (tertiary/aromatic N) is 2. The van der Waals surface area contributed by atoms with Crippen molar-refractivity contribution < 1.29 is 13.5 Å². The normalized spacial score (nSPS) is 12.0. The summed E-state index contributed by atoms with van der Waals surface area (Å²) >= 11 is 2.13. The van der Waals surface area contributed by atoms with Gasteiger partial charge in [0.15, 0.2) is 0 Å². The van der Waals surface area contributed by atoms with Crippen LogP contribution in [0, 0.1) is 0 Å². The van der Waals surface area contributed by atoms with Crippen molar-refractivity contribution in [3.63, 3.8) is 0 Å². The van der Waals surface area contributed by atoms with Crippen molar-refractivity contribution in [2.75, 3.05) is 0 Å². The van der Waals surface area contributed by atoms with Crippen molar-refractivity contribution in [1.82, 2.24) is 9.78 Å². The highest BCUT2D eigenvalue weighted by Crippen LogP contribution is 2.31. The molecule has 0 N–H and O–H groups in total. The number of alkyl halides is 3. The van der Waals surface area contributed by atoms with E-state index in [0.29, 0.717) is 11.9 Å². The van der Waals surface area contributed by atoms with Gasteiger partial charge in [-0.2, -0.15) is 8.78 Å². The Morgan fingerprint density at radius 2 is 2.12 bits per heavy atom. The molecule has 0 aliphatic carbocycles. The molecule has 1 aromatic carbocycles. The number of hydrogen-bond acceptors (Lipinski definition) is 2. The summed E-state index contributed by atoms with van der Waals surface area (Å²) in [5.41, 5.74) is 0.775. The van der Waals surface area contributed by atoms with Crippen molar-refractivity contribution in [1.29, 1.82) is 0 Å². The van der Waals surface area contributed by atoms with Gasteiger partial charge in [-0.05, 0) is 19.1 Å². The third-order valence-electron chi connectivity index (χ3n) is 2.14. The molecule has 2 aromatic rings. The van der Waals surface area contributed by atoms with E-state index in [1.165, 1.54) is 0 Å². The predicted octanol–water partition coefficient (Wildman–Crippen LogP) is 3.38. The number of benzene rings is 1. The van der Waals surface area contributed by atoms with Crippen LogP contribution in [0.4, 0.5) is 8.78 Å². The predicted molar refractivity (Wildman–Crippen MR) is 59.9 cm³/mol. The number of aromatic nitrogens is 2. The van der Waals surface area contributed by atoms with Crippen molar-refractivity contribution >= 4 is 26.8 Å². The van der Waals surface area contributed by atoms with E-state index >= 15 is 0 Å². The van der Waals surface area contributed by atoms with Gasteiger partial charge in [0.05, 0.1) is 10.9 Å². The Kier molecular flexibility index (Phi) is 2.84. The van der Waals surface area contributed by atoms with E-state index in [2.05, 4.69) is 25.8 Å². The molecule has 6 heteroatoms. The summed E-state index contributed by atoms with van der Waals surface area (Å²) in [4.78, 5) is 0. The molecule has 3 nitrogen and oxygen atoms in total. The minimum atomic E-state index is -3.40. The van der Waals surface area contributed by atoms with E-state index in [9.17, 15) is 8.78 Å². The number of halogens is 3. The van der Waals surface area contributed by atoms with Crippen molar-refractivity contribution in [3.8, 4) is 5.88 Å². The van der Waals surface area contributed by atoms with Crippen LogP contribution < -0.4 is 4.74 Å². The molecule has 0 unspecified atom stereocenters. The largest absolute Gasteiger partial charge is 0.460 e. The minimum Gasteiger partial charge on any atom is -0.404 e. The van der Waals surface area contributed by atoms with E-state index in [1.54, 1.807) is 16.8 Å². The number of para-hydroxylation sites is 1. The molecular formula is C10H9BrF2N2O. The highest BCUT2D eigenvalue weighted by atomic mass is 79.9. The first-order valence-electron chi connectivity index (χ1n) is 4.72. The van der Waals surface area contributed by atoms with Crippen molar-refractivity contribution in [2.45, 2.75) is 18.5 Å². The second kappa shape index (κ2) is 4.01. The lowest BCUT2D eigenvalue weighted by Gasteiger charge is -2.07. The number of hydrogen-bond donors (Lipinski definition) is 0. The summed E-state index contributed by atoms with van der Waals surface area (Å²) < 4.78 is 31.5. The molecule has 0 aliphatic heterocycles. The highest BCUT2D eigenvalue weighted by molar-refractivity contribution is 9.09. The third kappa shape index (κ3) is 2.16. The number of ether oxygens (including phenoxy) is 1. The van der Waals surface area contributed by atoms with Crippen LogP contribution in [0.2, 0.25) is 0 Å². The number of fused-ring (bicyclic) bond motifs is 1. The molecular weight excluding hydrogens is 282 g/mol. The van der Waals surface area contributed by atoms with Gasteiger partial charge in [-0.25, -0.2) is 0 Å². The Morgan fingerprint density at radius 1 is 1.44 bits per heavy atom. The average Bonchev–Trinajstić information content (AvgIpc) is 2.55. The van der Waals surface area contributed by atoms with Gasteiger partial charge in [0.2, 0.25) is 5.88 Å². The molecule has 0 radical (unpaired) electrons. The second-order valence-corrected chi connectivity index (χ2v) is 4.11. The first-order valence-corrected chi connectivity index (χ1v) is 5.52. The minimum absolute atomic E-state index is 0.0701. The molecule has 16 heavy (non-hydrogen) atoms. The Labute approximate surface area is 99.1 Å². The van der Waals surface area contributed by atoms with Crippen LogP contribution in [-0.4, -0.2) is 14.8 Å². The maximum atomic E-state index is 12.7. The standard InChI is InChI=1S/C10H9BrF2N2O/c1-2-15-8-6-4-3-5-7(8)9(14-15)16-10(11,12)13/h3-6H,2H2,1H3. The summed E-state index contributed by atoms with van der Waals surface area (Å²) in [6.07, 6.45) is 0. The Bertz CT molecular complexity index is 507. The SMILES string of the molecule is CCn1nc(OC(F)(F)Br)c2ccccc21. The van der Waals surface area contributed by atoms with E-state index in [-0.39, 0.29) is 5.88 Å². The van der Waals surface area contributed by atoms with Gasteiger partial charge in [-0.1, -0.05) is 12.1 Å². The van der Waals surface area contributed by atoms with E-state index in [4.69, 9.17) is 0 Å².